The summed E-state index contributed by atoms with van der Waals surface area (Å²) >= 11 is 0. The summed E-state index contributed by atoms with van der Waals surface area (Å²) in [5.41, 5.74) is -0.625. The number of ketones is 1. The third-order valence-electron chi connectivity index (χ3n) is 3.10. The van der Waals surface area contributed by atoms with E-state index in [-0.39, 0.29) is 18.2 Å². The van der Waals surface area contributed by atoms with E-state index in [9.17, 15) is 14.7 Å². The number of β-amino-alcohol motifs (C(OH)–C–C–N with tert-alkyl or cyclic N) is 1. The van der Waals surface area contributed by atoms with E-state index in [0.29, 0.717) is 6.42 Å². The molecule has 0 aromatic heterocycles. The summed E-state index contributed by atoms with van der Waals surface area (Å²) in [6.07, 6.45) is 0.866. The van der Waals surface area contributed by atoms with E-state index in [1.54, 1.807) is 26.8 Å². The number of allylic oxidation sites excluding steroid dienone is 1. The van der Waals surface area contributed by atoms with Crippen molar-refractivity contribution >= 4 is 11.9 Å². The van der Waals surface area contributed by atoms with Crippen molar-refractivity contribution in [2.24, 2.45) is 5.92 Å². The molecule has 0 aromatic rings. The number of rotatable bonds is 3. The van der Waals surface area contributed by atoms with Crippen LogP contribution in [0.5, 0.6) is 0 Å². The molecule has 5 nitrogen and oxygen atoms in total. The zero-order valence-corrected chi connectivity index (χ0v) is 12.0. The number of Topliss-reactive ketones (excluding diaryl/α,β-unsaturated/α-hetero) is 1. The summed E-state index contributed by atoms with van der Waals surface area (Å²) in [6, 6.07) is -0.636. The van der Waals surface area contributed by atoms with Crippen LogP contribution in [-0.2, 0) is 9.53 Å². The fourth-order valence-electron chi connectivity index (χ4n) is 2.40. The first-order chi connectivity index (χ1) is 8.67. The lowest BCUT2D eigenvalue weighted by molar-refractivity contribution is -0.122. The lowest BCUT2D eigenvalue weighted by Gasteiger charge is -2.28. The van der Waals surface area contributed by atoms with Gasteiger partial charge in [0.25, 0.3) is 0 Å². The van der Waals surface area contributed by atoms with Gasteiger partial charge in [0.15, 0.2) is 5.78 Å². The van der Waals surface area contributed by atoms with Crippen LogP contribution in [0.25, 0.3) is 0 Å². The number of aliphatic hydroxyl groups excluding tert-OH is 1. The first kappa shape index (κ1) is 15.7. The van der Waals surface area contributed by atoms with E-state index in [4.69, 9.17) is 4.74 Å². The quantitative estimate of drug-likeness (QED) is 0.793. The molecule has 1 rings (SSSR count). The largest absolute Gasteiger partial charge is 0.444 e. The molecular weight excluding hydrogens is 246 g/mol. The second-order valence-electron chi connectivity index (χ2n) is 5.94. The Morgan fingerprint density at radius 1 is 1.47 bits per heavy atom. The maximum atomic E-state index is 12.1. The Labute approximate surface area is 114 Å². The zero-order chi connectivity index (χ0) is 14.8. The fraction of sp³-hybridized carbons (Fsp3) is 0.714. The van der Waals surface area contributed by atoms with E-state index >= 15 is 0 Å². The summed E-state index contributed by atoms with van der Waals surface area (Å²) < 4.78 is 5.27. The van der Waals surface area contributed by atoms with E-state index in [2.05, 4.69) is 6.58 Å². The molecule has 108 valence electrons. The molecule has 0 saturated carbocycles. The van der Waals surface area contributed by atoms with Gasteiger partial charge < -0.3 is 9.84 Å². The average molecular weight is 269 g/mol. The van der Waals surface area contributed by atoms with Crippen LogP contribution >= 0.6 is 0 Å². The van der Waals surface area contributed by atoms with Gasteiger partial charge in [0.2, 0.25) is 0 Å². The predicted octanol–water partition coefficient (Wildman–Crippen LogP) is 1.75. The van der Waals surface area contributed by atoms with Crippen molar-refractivity contribution in [2.75, 3.05) is 6.54 Å². The standard InChI is InChI=1S/C14H23NO4/c1-6-7-10-11(17)8-15(12(10)9(2)16)13(18)19-14(3,4)5/h6,10-12,17H,1,7-8H2,2-5H3/t10-,11-,12-/m1/s1. The summed E-state index contributed by atoms with van der Waals surface area (Å²) in [5.74, 6) is -0.447. The van der Waals surface area contributed by atoms with Gasteiger partial charge in [-0.25, -0.2) is 4.79 Å². The fourth-order valence-corrected chi connectivity index (χ4v) is 2.40. The number of hydrogen-bond donors (Lipinski definition) is 1. The summed E-state index contributed by atoms with van der Waals surface area (Å²) in [6.45, 7) is 10.5. The number of amides is 1. The minimum atomic E-state index is -0.723. The normalized spacial score (nSPS) is 27.2. The van der Waals surface area contributed by atoms with E-state index < -0.39 is 23.8 Å². The predicted molar refractivity (Wildman–Crippen MR) is 71.7 cm³/mol. The Kier molecular flexibility index (Phi) is 4.74. The topological polar surface area (TPSA) is 66.8 Å². The number of carbonyl (C=O) groups excluding carboxylic acids is 2. The molecule has 0 aromatic carbocycles. The Morgan fingerprint density at radius 2 is 2.05 bits per heavy atom. The highest BCUT2D eigenvalue weighted by molar-refractivity contribution is 5.86. The van der Waals surface area contributed by atoms with E-state index in [1.807, 2.05) is 0 Å². The Morgan fingerprint density at radius 3 is 2.47 bits per heavy atom. The number of carbonyl (C=O) groups is 2. The molecule has 0 aliphatic carbocycles. The zero-order valence-electron chi connectivity index (χ0n) is 12.0. The van der Waals surface area contributed by atoms with E-state index in [0.717, 1.165) is 0 Å². The second kappa shape index (κ2) is 5.74. The van der Waals surface area contributed by atoms with Crippen LogP contribution in [0.1, 0.15) is 34.1 Å². The highest BCUT2D eigenvalue weighted by atomic mass is 16.6. The van der Waals surface area contributed by atoms with Gasteiger partial charge in [-0.3, -0.25) is 9.69 Å². The van der Waals surface area contributed by atoms with Crippen molar-refractivity contribution in [3.05, 3.63) is 12.7 Å². The van der Waals surface area contributed by atoms with Crippen molar-refractivity contribution in [3.63, 3.8) is 0 Å². The maximum absolute atomic E-state index is 12.1. The van der Waals surface area contributed by atoms with Gasteiger partial charge in [0.1, 0.15) is 5.60 Å². The molecule has 1 heterocycles. The number of hydrogen-bond acceptors (Lipinski definition) is 4. The summed E-state index contributed by atoms with van der Waals surface area (Å²) in [7, 11) is 0. The maximum Gasteiger partial charge on any atom is 0.411 e. The Hall–Kier alpha value is -1.36. The molecule has 0 unspecified atom stereocenters. The molecule has 0 spiro atoms. The molecule has 1 aliphatic rings. The molecule has 19 heavy (non-hydrogen) atoms. The first-order valence-corrected chi connectivity index (χ1v) is 6.46. The van der Waals surface area contributed by atoms with Crippen LogP contribution in [0.15, 0.2) is 12.7 Å². The summed E-state index contributed by atoms with van der Waals surface area (Å²) in [4.78, 5) is 25.2. The van der Waals surface area contributed by atoms with Gasteiger partial charge in [0, 0.05) is 5.92 Å². The van der Waals surface area contributed by atoms with Gasteiger partial charge in [0.05, 0.1) is 18.7 Å². The van der Waals surface area contributed by atoms with Gasteiger partial charge in [-0.15, -0.1) is 6.58 Å². The molecule has 1 fully saturated rings. The second-order valence-corrected chi connectivity index (χ2v) is 5.94. The molecule has 1 saturated heterocycles. The van der Waals surface area contributed by atoms with Crippen LogP contribution < -0.4 is 0 Å². The molecule has 0 bridgehead atoms. The number of nitrogens with zero attached hydrogens (tertiary/aromatic N) is 1. The molecule has 3 atom stereocenters. The molecule has 5 heteroatoms. The van der Waals surface area contributed by atoms with Crippen LogP contribution in [0.2, 0.25) is 0 Å². The number of ether oxygens (including phenoxy) is 1. The Balaban J connectivity index is 2.91. The van der Waals surface area contributed by atoms with Gasteiger partial charge in [-0.05, 0) is 34.1 Å². The van der Waals surface area contributed by atoms with Crippen molar-refractivity contribution in [1.29, 1.82) is 0 Å². The van der Waals surface area contributed by atoms with E-state index in [1.165, 1.54) is 11.8 Å². The van der Waals surface area contributed by atoms with Gasteiger partial charge in [-0.2, -0.15) is 0 Å². The highest BCUT2D eigenvalue weighted by Gasteiger charge is 2.46. The molecule has 0 radical (unpaired) electrons. The first-order valence-electron chi connectivity index (χ1n) is 6.46. The van der Waals surface area contributed by atoms with Crippen molar-refractivity contribution < 1.29 is 19.4 Å². The van der Waals surface area contributed by atoms with Gasteiger partial charge in [-0.1, -0.05) is 6.08 Å². The lowest BCUT2D eigenvalue weighted by atomic mass is 9.92. The third-order valence-corrected chi connectivity index (χ3v) is 3.10. The van der Waals surface area contributed by atoms with Crippen molar-refractivity contribution in [1.82, 2.24) is 4.90 Å². The smallest absolute Gasteiger partial charge is 0.411 e. The SMILES string of the molecule is C=CC[C@@H]1[C@H](O)CN(C(=O)OC(C)(C)C)[C@@H]1C(C)=O. The number of aliphatic hydroxyl groups is 1. The monoisotopic (exact) mass is 269 g/mol. The molecule has 1 N–H and O–H groups in total. The lowest BCUT2D eigenvalue weighted by Crippen LogP contribution is -2.44. The van der Waals surface area contributed by atoms with Crippen LogP contribution in [0, 0.1) is 5.92 Å². The minimum absolute atomic E-state index is 0.123. The van der Waals surface area contributed by atoms with Crippen molar-refractivity contribution in [3.8, 4) is 0 Å². The highest BCUT2D eigenvalue weighted by Crippen LogP contribution is 2.30. The minimum Gasteiger partial charge on any atom is -0.444 e. The molecule has 1 amide bonds. The average Bonchev–Trinajstić information content (AvgIpc) is 2.54. The third kappa shape index (κ3) is 3.80. The number of likely N-dealkylation sites (tertiary alicyclic amines) is 1. The molecule has 1 aliphatic heterocycles. The van der Waals surface area contributed by atoms with Crippen LogP contribution in [0.3, 0.4) is 0 Å². The summed E-state index contributed by atoms with van der Waals surface area (Å²) in [5, 5.41) is 10.0. The molecular formula is C14H23NO4. The van der Waals surface area contributed by atoms with Gasteiger partial charge >= 0.3 is 6.09 Å². The van der Waals surface area contributed by atoms with Crippen LogP contribution in [0.4, 0.5) is 4.79 Å². The van der Waals surface area contributed by atoms with Crippen molar-refractivity contribution in [2.45, 2.75) is 51.9 Å². The Bertz CT molecular complexity index is 372. The van der Waals surface area contributed by atoms with Crippen LogP contribution in [-0.4, -0.2) is 46.2 Å².